The van der Waals surface area contributed by atoms with Crippen LogP contribution in [0.4, 0.5) is 0 Å². The summed E-state index contributed by atoms with van der Waals surface area (Å²) in [5, 5.41) is 5.15. The van der Waals surface area contributed by atoms with Gasteiger partial charge in [-0.1, -0.05) is 6.07 Å². The maximum atomic E-state index is 11.7. The molecule has 1 saturated carbocycles. The van der Waals surface area contributed by atoms with Gasteiger partial charge in [0, 0.05) is 0 Å². The third-order valence-corrected chi connectivity index (χ3v) is 3.81. The summed E-state index contributed by atoms with van der Waals surface area (Å²) in [5.41, 5.74) is 0.913. The second-order valence-corrected chi connectivity index (χ2v) is 5.83. The lowest BCUT2D eigenvalue weighted by molar-refractivity contribution is 0.0522. The van der Waals surface area contributed by atoms with Crippen LogP contribution in [0.1, 0.15) is 41.6 Å². The van der Waals surface area contributed by atoms with Crippen molar-refractivity contribution in [1.82, 2.24) is 0 Å². The molecular weight excluding hydrogens is 254 g/mol. The number of hydrogen-bond acceptors (Lipinski definition) is 4. The predicted molar refractivity (Wildman–Crippen MR) is 65.7 cm³/mol. The van der Waals surface area contributed by atoms with Crippen molar-refractivity contribution in [2.75, 3.05) is 6.61 Å². The second kappa shape index (κ2) is 4.70. The number of primary sulfonamides is 1. The number of esters is 1. The molecule has 0 heterocycles. The molecule has 2 rings (SSSR count). The van der Waals surface area contributed by atoms with Crippen molar-refractivity contribution in [3.8, 4) is 0 Å². The Balaban J connectivity index is 2.48. The van der Waals surface area contributed by atoms with Gasteiger partial charge in [-0.05, 0) is 43.4 Å². The highest BCUT2D eigenvalue weighted by Gasteiger charge is 2.27. The van der Waals surface area contributed by atoms with Gasteiger partial charge in [-0.25, -0.2) is 18.4 Å². The zero-order chi connectivity index (χ0) is 13.3. The van der Waals surface area contributed by atoms with E-state index >= 15 is 0 Å². The molecular formula is C12H15NO4S. The smallest absolute Gasteiger partial charge is 0.339 e. The van der Waals surface area contributed by atoms with Crippen LogP contribution in [0.25, 0.3) is 0 Å². The monoisotopic (exact) mass is 269 g/mol. The first-order chi connectivity index (χ1) is 8.43. The molecule has 1 fully saturated rings. The van der Waals surface area contributed by atoms with Crippen molar-refractivity contribution in [2.45, 2.75) is 30.6 Å². The minimum absolute atomic E-state index is 0.00347. The Bertz CT molecular complexity index is 576. The summed E-state index contributed by atoms with van der Waals surface area (Å²) in [6, 6.07) is 4.73. The fraction of sp³-hybridized carbons (Fsp3) is 0.417. The van der Waals surface area contributed by atoms with Crippen LogP contribution in [0.3, 0.4) is 0 Å². The lowest BCUT2D eigenvalue weighted by Gasteiger charge is -2.09. The van der Waals surface area contributed by atoms with Crippen molar-refractivity contribution in [3.63, 3.8) is 0 Å². The van der Waals surface area contributed by atoms with Crippen molar-refractivity contribution in [3.05, 3.63) is 29.3 Å². The maximum Gasteiger partial charge on any atom is 0.339 e. The van der Waals surface area contributed by atoms with Crippen molar-refractivity contribution in [1.29, 1.82) is 0 Å². The zero-order valence-corrected chi connectivity index (χ0v) is 10.9. The molecule has 1 aromatic rings. The van der Waals surface area contributed by atoms with E-state index < -0.39 is 16.0 Å². The largest absolute Gasteiger partial charge is 0.462 e. The first kappa shape index (κ1) is 13.0. The summed E-state index contributed by atoms with van der Waals surface area (Å²) >= 11 is 0. The van der Waals surface area contributed by atoms with E-state index in [0.29, 0.717) is 5.92 Å². The fourth-order valence-corrected chi connectivity index (χ4v) is 2.58. The fourth-order valence-electron chi connectivity index (χ4n) is 1.82. The molecule has 0 aromatic heterocycles. The normalized spacial score (nSPS) is 15.4. The van der Waals surface area contributed by atoms with Crippen LogP contribution >= 0.6 is 0 Å². The number of nitrogens with two attached hydrogens (primary N) is 1. The van der Waals surface area contributed by atoms with Gasteiger partial charge in [-0.15, -0.1) is 0 Å². The number of hydrogen-bond donors (Lipinski definition) is 1. The molecule has 18 heavy (non-hydrogen) atoms. The van der Waals surface area contributed by atoms with E-state index in [9.17, 15) is 13.2 Å². The molecule has 0 amide bonds. The van der Waals surface area contributed by atoms with Gasteiger partial charge in [0.2, 0.25) is 10.0 Å². The highest BCUT2D eigenvalue weighted by Crippen LogP contribution is 2.41. The van der Waals surface area contributed by atoms with Gasteiger partial charge in [0.05, 0.1) is 17.1 Å². The standard InChI is InChI=1S/C12H15NO4S/c1-2-17-12(14)10-6-5-9(8-3-4-8)7-11(10)18(13,15)16/h5-8H,2-4H2,1H3,(H2,13,15,16). The minimum atomic E-state index is -3.93. The number of ether oxygens (including phenoxy) is 1. The number of carbonyl (C=O) groups is 1. The van der Waals surface area contributed by atoms with Crippen LogP contribution in [-0.2, 0) is 14.8 Å². The van der Waals surface area contributed by atoms with Gasteiger partial charge < -0.3 is 4.74 Å². The van der Waals surface area contributed by atoms with Crippen LogP contribution in [0, 0.1) is 0 Å². The molecule has 1 aliphatic carbocycles. The van der Waals surface area contributed by atoms with E-state index in [1.807, 2.05) is 0 Å². The number of benzene rings is 1. The molecule has 0 aliphatic heterocycles. The Morgan fingerprint density at radius 2 is 2.11 bits per heavy atom. The summed E-state index contributed by atoms with van der Waals surface area (Å²) in [5.74, 6) is -0.273. The van der Waals surface area contributed by atoms with Crippen LogP contribution in [0.5, 0.6) is 0 Å². The second-order valence-electron chi connectivity index (χ2n) is 4.30. The molecule has 6 heteroatoms. The first-order valence-corrected chi connectivity index (χ1v) is 7.32. The van der Waals surface area contributed by atoms with Gasteiger partial charge in [-0.3, -0.25) is 0 Å². The molecule has 0 bridgehead atoms. The average Bonchev–Trinajstić information content (AvgIpc) is 3.11. The van der Waals surface area contributed by atoms with Gasteiger partial charge in [0.15, 0.2) is 0 Å². The summed E-state index contributed by atoms with van der Waals surface area (Å²) < 4.78 is 27.9. The first-order valence-electron chi connectivity index (χ1n) is 5.77. The van der Waals surface area contributed by atoms with Crippen LogP contribution < -0.4 is 5.14 Å². The van der Waals surface area contributed by atoms with E-state index in [2.05, 4.69) is 0 Å². The van der Waals surface area contributed by atoms with Crippen molar-refractivity contribution in [2.24, 2.45) is 5.14 Å². The molecule has 2 N–H and O–H groups in total. The Morgan fingerprint density at radius 1 is 1.44 bits per heavy atom. The lowest BCUT2D eigenvalue weighted by atomic mass is 10.1. The molecule has 0 spiro atoms. The van der Waals surface area contributed by atoms with Gasteiger partial charge in [0.1, 0.15) is 0 Å². The highest BCUT2D eigenvalue weighted by atomic mass is 32.2. The Labute approximate surface area is 106 Å². The number of rotatable bonds is 4. The third-order valence-electron chi connectivity index (χ3n) is 2.86. The molecule has 1 aliphatic rings. The van der Waals surface area contributed by atoms with Crippen molar-refractivity contribution < 1.29 is 17.9 Å². The minimum Gasteiger partial charge on any atom is -0.462 e. The molecule has 0 saturated heterocycles. The maximum absolute atomic E-state index is 11.7. The summed E-state index contributed by atoms with van der Waals surface area (Å²) in [4.78, 5) is 11.5. The summed E-state index contributed by atoms with van der Waals surface area (Å²) in [7, 11) is -3.93. The van der Waals surface area contributed by atoms with E-state index in [4.69, 9.17) is 9.88 Å². The molecule has 5 nitrogen and oxygen atoms in total. The topological polar surface area (TPSA) is 86.5 Å². The zero-order valence-electron chi connectivity index (χ0n) is 10.0. The number of sulfonamides is 1. The quantitative estimate of drug-likeness (QED) is 0.837. The average molecular weight is 269 g/mol. The molecule has 0 radical (unpaired) electrons. The lowest BCUT2D eigenvalue weighted by Crippen LogP contribution is -2.18. The van der Waals surface area contributed by atoms with Gasteiger partial charge >= 0.3 is 5.97 Å². The molecule has 0 atom stereocenters. The Hall–Kier alpha value is -1.40. The Morgan fingerprint density at radius 3 is 2.61 bits per heavy atom. The van der Waals surface area contributed by atoms with E-state index in [-0.39, 0.29) is 17.1 Å². The highest BCUT2D eigenvalue weighted by molar-refractivity contribution is 7.89. The van der Waals surface area contributed by atoms with Crippen LogP contribution in [-0.4, -0.2) is 21.0 Å². The summed E-state index contributed by atoms with van der Waals surface area (Å²) in [6.07, 6.45) is 2.09. The van der Waals surface area contributed by atoms with Crippen LogP contribution in [0.2, 0.25) is 0 Å². The molecule has 1 aromatic carbocycles. The third kappa shape index (κ3) is 2.70. The van der Waals surface area contributed by atoms with E-state index in [1.165, 1.54) is 12.1 Å². The summed E-state index contributed by atoms with van der Waals surface area (Å²) in [6.45, 7) is 1.85. The number of carbonyl (C=O) groups excluding carboxylic acids is 1. The SMILES string of the molecule is CCOC(=O)c1ccc(C2CC2)cc1S(N)(=O)=O. The van der Waals surface area contributed by atoms with Crippen molar-refractivity contribution >= 4 is 16.0 Å². The van der Waals surface area contributed by atoms with E-state index in [1.54, 1.807) is 13.0 Å². The van der Waals surface area contributed by atoms with Gasteiger partial charge in [0.25, 0.3) is 0 Å². The molecule has 0 unspecified atom stereocenters. The van der Waals surface area contributed by atoms with Gasteiger partial charge in [-0.2, -0.15) is 0 Å². The Kier molecular flexibility index (Phi) is 3.41. The van der Waals surface area contributed by atoms with Crippen LogP contribution in [0.15, 0.2) is 23.1 Å². The predicted octanol–water partition coefficient (Wildman–Crippen LogP) is 1.39. The van der Waals surface area contributed by atoms with E-state index in [0.717, 1.165) is 18.4 Å². The molecule has 98 valence electrons.